The first-order valence-corrected chi connectivity index (χ1v) is 10.5. The lowest BCUT2D eigenvalue weighted by atomic mass is 9.71. The standard InChI is InChI=1S/C21H27F2N7O/c1-13-6-24-18(26-14-7-25-28(4)8-14)27-16(13)29-9-19(2)11-30(12-20(19,3)10-29)17(31)15-5-21(15,22)23/h6-8,15H,5,9-12H2,1-4H3,(H,24,26,27)/t15-,19-,20+/m0/s1. The maximum absolute atomic E-state index is 13.4. The zero-order chi connectivity index (χ0) is 22.2. The predicted molar refractivity (Wildman–Crippen MR) is 111 cm³/mol. The van der Waals surface area contributed by atoms with Crippen LogP contribution in [0.15, 0.2) is 18.6 Å². The molecule has 1 saturated carbocycles. The molecule has 3 aliphatic rings. The second-order valence-electron chi connectivity index (χ2n) is 9.92. The van der Waals surface area contributed by atoms with Crippen molar-refractivity contribution in [1.29, 1.82) is 0 Å². The number of nitrogens with zero attached hydrogens (tertiary/aromatic N) is 6. The second kappa shape index (κ2) is 6.37. The Kier molecular flexibility index (Phi) is 4.14. The van der Waals surface area contributed by atoms with Crippen LogP contribution in [0.3, 0.4) is 0 Å². The van der Waals surface area contributed by atoms with Crippen molar-refractivity contribution in [2.24, 2.45) is 23.8 Å². The van der Waals surface area contributed by atoms with E-state index in [1.807, 2.05) is 20.2 Å². The number of alkyl halides is 2. The first kappa shape index (κ1) is 20.1. The number of aryl methyl sites for hydroxylation is 2. The third kappa shape index (κ3) is 3.23. The van der Waals surface area contributed by atoms with Crippen LogP contribution in [0.25, 0.3) is 0 Å². The molecule has 1 amide bonds. The molecular formula is C21H27F2N7O. The number of likely N-dealkylation sites (tertiary alicyclic amines) is 1. The van der Waals surface area contributed by atoms with Crippen LogP contribution in [0.1, 0.15) is 25.8 Å². The maximum Gasteiger partial charge on any atom is 0.260 e. The van der Waals surface area contributed by atoms with Crippen molar-refractivity contribution in [3.8, 4) is 0 Å². The van der Waals surface area contributed by atoms with Crippen molar-refractivity contribution in [2.75, 3.05) is 36.4 Å². The minimum atomic E-state index is -2.82. The van der Waals surface area contributed by atoms with Crippen molar-refractivity contribution in [3.63, 3.8) is 0 Å². The summed E-state index contributed by atoms with van der Waals surface area (Å²) in [5, 5.41) is 7.32. The van der Waals surface area contributed by atoms with Crippen LogP contribution in [-0.4, -0.2) is 62.7 Å². The molecule has 31 heavy (non-hydrogen) atoms. The van der Waals surface area contributed by atoms with Gasteiger partial charge in [-0.25, -0.2) is 13.8 Å². The Balaban J connectivity index is 1.34. The predicted octanol–water partition coefficient (Wildman–Crippen LogP) is 2.59. The Bertz CT molecular complexity index is 1040. The topological polar surface area (TPSA) is 79.2 Å². The summed E-state index contributed by atoms with van der Waals surface area (Å²) in [6.07, 6.45) is 5.04. The van der Waals surface area contributed by atoms with Crippen LogP contribution in [0.2, 0.25) is 0 Å². The normalized spacial score (nSPS) is 31.1. The molecule has 2 aliphatic heterocycles. The molecule has 1 aliphatic carbocycles. The fourth-order valence-corrected chi connectivity index (χ4v) is 5.10. The Morgan fingerprint density at radius 1 is 1.16 bits per heavy atom. The van der Waals surface area contributed by atoms with E-state index in [9.17, 15) is 13.6 Å². The number of rotatable bonds is 4. The van der Waals surface area contributed by atoms with E-state index in [0.717, 1.165) is 17.1 Å². The Morgan fingerprint density at radius 2 is 1.81 bits per heavy atom. The van der Waals surface area contributed by atoms with Crippen molar-refractivity contribution < 1.29 is 13.6 Å². The highest BCUT2D eigenvalue weighted by Gasteiger charge is 2.65. The molecule has 4 heterocycles. The fourth-order valence-electron chi connectivity index (χ4n) is 5.10. The van der Waals surface area contributed by atoms with Crippen molar-refractivity contribution in [1.82, 2.24) is 24.6 Å². The zero-order valence-corrected chi connectivity index (χ0v) is 18.2. The molecule has 0 radical (unpaired) electrons. The molecule has 2 aromatic heterocycles. The van der Waals surface area contributed by atoms with Crippen LogP contribution in [0.5, 0.6) is 0 Å². The summed E-state index contributed by atoms with van der Waals surface area (Å²) < 4.78 is 28.5. The van der Waals surface area contributed by atoms with Gasteiger partial charge in [0.15, 0.2) is 0 Å². The van der Waals surface area contributed by atoms with E-state index in [4.69, 9.17) is 4.98 Å². The number of anilines is 3. The van der Waals surface area contributed by atoms with E-state index in [1.165, 1.54) is 0 Å². The number of hydrogen-bond acceptors (Lipinski definition) is 6. The SMILES string of the molecule is Cc1cnc(Nc2cnn(C)c2)nc1N1C[C@]2(C)CN(C(=O)[C@@H]3CC3(F)F)C[C@]2(C)C1. The van der Waals surface area contributed by atoms with Gasteiger partial charge in [-0.05, 0) is 6.92 Å². The van der Waals surface area contributed by atoms with Gasteiger partial charge in [-0.1, -0.05) is 13.8 Å². The van der Waals surface area contributed by atoms with E-state index in [-0.39, 0.29) is 17.3 Å². The molecule has 5 rings (SSSR count). The average Bonchev–Trinajstić information content (AvgIpc) is 2.92. The minimum Gasteiger partial charge on any atom is -0.355 e. The van der Waals surface area contributed by atoms with Crippen LogP contribution >= 0.6 is 0 Å². The first-order valence-electron chi connectivity index (χ1n) is 10.5. The molecule has 3 atom stereocenters. The van der Waals surface area contributed by atoms with Gasteiger partial charge in [-0.3, -0.25) is 9.48 Å². The molecule has 166 valence electrons. The number of fused-ring (bicyclic) bond motifs is 1. The molecule has 10 heteroatoms. The zero-order valence-electron chi connectivity index (χ0n) is 18.2. The molecule has 0 unspecified atom stereocenters. The Hall–Kier alpha value is -2.78. The van der Waals surface area contributed by atoms with Crippen LogP contribution < -0.4 is 10.2 Å². The van der Waals surface area contributed by atoms with Gasteiger partial charge in [-0.15, -0.1) is 0 Å². The summed E-state index contributed by atoms with van der Waals surface area (Å²) in [4.78, 5) is 25.6. The number of carbonyl (C=O) groups excluding carboxylic acids is 1. The summed E-state index contributed by atoms with van der Waals surface area (Å²) in [6.45, 7) is 8.68. The number of hydrogen-bond donors (Lipinski definition) is 1. The number of halogens is 2. The van der Waals surface area contributed by atoms with Gasteiger partial charge in [0.05, 0.1) is 11.9 Å². The van der Waals surface area contributed by atoms with E-state index in [1.54, 1.807) is 22.0 Å². The summed E-state index contributed by atoms with van der Waals surface area (Å²) in [6, 6.07) is 0. The van der Waals surface area contributed by atoms with Gasteiger partial charge in [0.1, 0.15) is 11.7 Å². The Labute approximate surface area is 179 Å². The summed E-state index contributed by atoms with van der Waals surface area (Å²) in [7, 11) is 1.84. The minimum absolute atomic E-state index is 0.193. The lowest BCUT2D eigenvalue weighted by Crippen LogP contribution is -2.37. The van der Waals surface area contributed by atoms with Gasteiger partial charge in [0.25, 0.3) is 5.92 Å². The summed E-state index contributed by atoms with van der Waals surface area (Å²) in [5.41, 5.74) is 1.39. The van der Waals surface area contributed by atoms with Crippen LogP contribution in [0.4, 0.5) is 26.2 Å². The summed E-state index contributed by atoms with van der Waals surface area (Å²) in [5.74, 6) is -2.99. The van der Waals surface area contributed by atoms with Crippen molar-refractivity contribution in [3.05, 3.63) is 24.2 Å². The van der Waals surface area contributed by atoms with E-state index in [0.29, 0.717) is 32.1 Å². The Morgan fingerprint density at radius 3 is 2.35 bits per heavy atom. The highest BCUT2D eigenvalue weighted by atomic mass is 19.3. The molecule has 2 saturated heterocycles. The van der Waals surface area contributed by atoms with Gasteiger partial charge in [0, 0.05) is 68.4 Å². The quantitative estimate of drug-likeness (QED) is 0.802. The van der Waals surface area contributed by atoms with E-state index >= 15 is 0 Å². The van der Waals surface area contributed by atoms with Crippen molar-refractivity contribution in [2.45, 2.75) is 33.1 Å². The molecule has 8 nitrogen and oxygen atoms in total. The van der Waals surface area contributed by atoms with Gasteiger partial charge < -0.3 is 15.1 Å². The number of aromatic nitrogens is 4. The number of nitrogens with one attached hydrogen (secondary N) is 1. The molecule has 0 aromatic carbocycles. The van der Waals surface area contributed by atoms with Gasteiger partial charge in [0.2, 0.25) is 11.9 Å². The van der Waals surface area contributed by atoms with Crippen LogP contribution in [-0.2, 0) is 11.8 Å². The lowest BCUT2D eigenvalue weighted by Gasteiger charge is -2.29. The molecule has 1 N–H and O–H groups in total. The highest BCUT2D eigenvalue weighted by Crippen LogP contribution is 2.55. The smallest absolute Gasteiger partial charge is 0.260 e. The largest absolute Gasteiger partial charge is 0.355 e. The molecule has 0 spiro atoms. The number of amides is 1. The third-order valence-electron chi connectivity index (χ3n) is 7.26. The lowest BCUT2D eigenvalue weighted by molar-refractivity contribution is -0.134. The third-order valence-corrected chi connectivity index (χ3v) is 7.26. The first-order chi connectivity index (χ1) is 14.5. The van der Waals surface area contributed by atoms with Crippen LogP contribution in [0, 0.1) is 23.7 Å². The molecule has 0 bridgehead atoms. The van der Waals surface area contributed by atoms with Gasteiger partial charge in [-0.2, -0.15) is 10.1 Å². The van der Waals surface area contributed by atoms with Crippen molar-refractivity contribution >= 4 is 23.4 Å². The van der Waals surface area contributed by atoms with E-state index < -0.39 is 17.7 Å². The monoisotopic (exact) mass is 431 g/mol. The average molecular weight is 431 g/mol. The maximum atomic E-state index is 13.4. The highest BCUT2D eigenvalue weighted by molar-refractivity contribution is 5.83. The fraction of sp³-hybridized carbons (Fsp3) is 0.619. The van der Waals surface area contributed by atoms with Gasteiger partial charge >= 0.3 is 0 Å². The molecular weight excluding hydrogens is 404 g/mol. The summed E-state index contributed by atoms with van der Waals surface area (Å²) >= 11 is 0. The van der Waals surface area contributed by atoms with E-state index in [2.05, 4.69) is 34.1 Å². The second-order valence-corrected chi connectivity index (χ2v) is 9.92. The molecule has 3 fully saturated rings. The number of carbonyl (C=O) groups is 1. The molecule has 2 aromatic rings.